The first kappa shape index (κ1) is 9.53. The molecule has 0 aliphatic carbocycles. The molecule has 1 unspecified atom stereocenters. The molecule has 0 N–H and O–H groups in total. The SMILES string of the molecule is CCC(C#N)c1ccnc(OC)c1. The van der Waals surface area contributed by atoms with Crippen molar-refractivity contribution in [1.82, 2.24) is 4.98 Å². The Bertz CT molecular complexity index is 317. The van der Waals surface area contributed by atoms with E-state index in [-0.39, 0.29) is 5.92 Å². The Balaban J connectivity index is 2.94. The van der Waals surface area contributed by atoms with Gasteiger partial charge in [-0.25, -0.2) is 4.98 Å². The van der Waals surface area contributed by atoms with Crippen molar-refractivity contribution in [2.75, 3.05) is 7.11 Å². The van der Waals surface area contributed by atoms with Gasteiger partial charge in [-0.2, -0.15) is 5.26 Å². The number of pyridine rings is 1. The van der Waals surface area contributed by atoms with Crippen LogP contribution in [-0.4, -0.2) is 12.1 Å². The highest BCUT2D eigenvalue weighted by Gasteiger charge is 2.08. The van der Waals surface area contributed by atoms with E-state index in [1.807, 2.05) is 13.0 Å². The van der Waals surface area contributed by atoms with Crippen molar-refractivity contribution in [3.63, 3.8) is 0 Å². The molecule has 0 saturated carbocycles. The quantitative estimate of drug-likeness (QED) is 0.708. The van der Waals surface area contributed by atoms with Gasteiger partial charge in [0, 0.05) is 12.3 Å². The van der Waals surface area contributed by atoms with Crippen molar-refractivity contribution < 1.29 is 4.74 Å². The van der Waals surface area contributed by atoms with Crippen molar-refractivity contribution in [3.8, 4) is 11.9 Å². The van der Waals surface area contributed by atoms with Gasteiger partial charge < -0.3 is 4.74 Å². The van der Waals surface area contributed by atoms with E-state index in [1.54, 1.807) is 19.4 Å². The molecule has 1 aromatic heterocycles. The molecule has 0 saturated heterocycles. The fourth-order valence-corrected chi connectivity index (χ4v) is 1.15. The number of hydrogen-bond acceptors (Lipinski definition) is 3. The summed E-state index contributed by atoms with van der Waals surface area (Å²) in [5.74, 6) is 0.503. The predicted octanol–water partition coefficient (Wildman–Crippen LogP) is 2.11. The highest BCUT2D eigenvalue weighted by Crippen LogP contribution is 2.20. The minimum absolute atomic E-state index is 0.0584. The van der Waals surface area contributed by atoms with Gasteiger partial charge in [-0.3, -0.25) is 0 Å². The molecular weight excluding hydrogens is 164 g/mol. The van der Waals surface area contributed by atoms with Gasteiger partial charge in [-0.15, -0.1) is 0 Å². The largest absolute Gasteiger partial charge is 0.481 e. The van der Waals surface area contributed by atoms with Crippen molar-refractivity contribution in [2.45, 2.75) is 19.3 Å². The van der Waals surface area contributed by atoms with Gasteiger partial charge in [-0.1, -0.05) is 6.92 Å². The third kappa shape index (κ3) is 2.19. The van der Waals surface area contributed by atoms with Crippen molar-refractivity contribution in [1.29, 1.82) is 5.26 Å². The summed E-state index contributed by atoms with van der Waals surface area (Å²) in [5, 5.41) is 8.83. The van der Waals surface area contributed by atoms with Crippen LogP contribution in [0.2, 0.25) is 0 Å². The summed E-state index contributed by atoms with van der Waals surface area (Å²) in [6.45, 7) is 1.99. The minimum atomic E-state index is -0.0584. The molecule has 0 amide bonds. The summed E-state index contributed by atoms with van der Waals surface area (Å²) >= 11 is 0. The molecule has 0 fully saturated rings. The topological polar surface area (TPSA) is 45.9 Å². The summed E-state index contributed by atoms with van der Waals surface area (Å²) < 4.78 is 4.97. The first-order chi connectivity index (χ1) is 6.31. The molecule has 13 heavy (non-hydrogen) atoms. The number of aromatic nitrogens is 1. The summed E-state index contributed by atoms with van der Waals surface area (Å²) in [4.78, 5) is 3.98. The van der Waals surface area contributed by atoms with E-state index in [2.05, 4.69) is 11.1 Å². The van der Waals surface area contributed by atoms with E-state index in [0.717, 1.165) is 12.0 Å². The van der Waals surface area contributed by atoms with E-state index in [0.29, 0.717) is 5.88 Å². The van der Waals surface area contributed by atoms with E-state index in [1.165, 1.54) is 0 Å². The molecule has 1 rings (SSSR count). The molecule has 3 nitrogen and oxygen atoms in total. The molecular formula is C10H12N2O. The van der Waals surface area contributed by atoms with Gasteiger partial charge in [0.15, 0.2) is 0 Å². The lowest BCUT2D eigenvalue weighted by Gasteiger charge is -2.06. The van der Waals surface area contributed by atoms with Crippen LogP contribution in [0.1, 0.15) is 24.8 Å². The standard InChI is InChI=1S/C10H12N2O/c1-3-8(7-11)9-4-5-12-10(6-9)13-2/h4-6,8H,3H2,1-2H3. The normalized spacial score (nSPS) is 11.8. The van der Waals surface area contributed by atoms with Gasteiger partial charge >= 0.3 is 0 Å². The van der Waals surface area contributed by atoms with Crippen molar-refractivity contribution >= 4 is 0 Å². The third-order valence-corrected chi connectivity index (χ3v) is 1.93. The maximum atomic E-state index is 8.83. The van der Waals surface area contributed by atoms with Gasteiger partial charge in [0.2, 0.25) is 5.88 Å². The van der Waals surface area contributed by atoms with Crippen LogP contribution in [0.4, 0.5) is 0 Å². The van der Waals surface area contributed by atoms with E-state index < -0.39 is 0 Å². The van der Waals surface area contributed by atoms with Crippen molar-refractivity contribution in [2.24, 2.45) is 0 Å². The monoisotopic (exact) mass is 176 g/mol. The number of ether oxygens (including phenoxy) is 1. The molecule has 0 aliphatic rings. The predicted molar refractivity (Wildman–Crippen MR) is 49.4 cm³/mol. The molecule has 0 spiro atoms. The second kappa shape index (κ2) is 4.46. The zero-order valence-electron chi connectivity index (χ0n) is 7.82. The van der Waals surface area contributed by atoms with Crippen LogP contribution in [0.5, 0.6) is 5.88 Å². The number of nitrogens with zero attached hydrogens (tertiary/aromatic N) is 2. The van der Waals surface area contributed by atoms with Crippen LogP contribution in [0.25, 0.3) is 0 Å². The second-order valence-corrected chi connectivity index (χ2v) is 2.72. The Labute approximate surface area is 78.0 Å². The summed E-state index contributed by atoms with van der Waals surface area (Å²) in [6, 6.07) is 5.89. The van der Waals surface area contributed by atoms with E-state index in [4.69, 9.17) is 10.00 Å². The lowest BCUT2D eigenvalue weighted by Crippen LogP contribution is -1.95. The highest BCUT2D eigenvalue weighted by molar-refractivity contribution is 5.27. The first-order valence-electron chi connectivity index (χ1n) is 4.21. The van der Waals surface area contributed by atoms with Crippen LogP contribution in [-0.2, 0) is 0 Å². The molecule has 0 aliphatic heterocycles. The van der Waals surface area contributed by atoms with Gasteiger partial charge in [0.25, 0.3) is 0 Å². The Hall–Kier alpha value is -1.56. The number of rotatable bonds is 3. The van der Waals surface area contributed by atoms with Crippen LogP contribution in [0, 0.1) is 11.3 Å². The first-order valence-corrected chi connectivity index (χ1v) is 4.21. The summed E-state index contributed by atoms with van der Waals surface area (Å²) in [5.41, 5.74) is 0.969. The van der Waals surface area contributed by atoms with Gasteiger partial charge in [0.1, 0.15) is 0 Å². The maximum absolute atomic E-state index is 8.83. The van der Waals surface area contributed by atoms with Crippen molar-refractivity contribution in [3.05, 3.63) is 23.9 Å². The molecule has 0 bridgehead atoms. The molecule has 1 aromatic rings. The number of nitriles is 1. The maximum Gasteiger partial charge on any atom is 0.213 e. The van der Waals surface area contributed by atoms with Crippen LogP contribution >= 0.6 is 0 Å². The van der Waals surface area contributed by atoms with E-state index >= 15 is 0 Å². The fraction of sp³-hybridized carbons (Fsp3) is 0.400. The molecule has 1 heterocycles. The van der Waals surface area contributed by atoms with Crippen LogP contribution < -0.4 is 4.74 Å². The number of hydrogen-bond donors (Lipinski definition) is 0. The van der Waals surface area contributed by atoms with Crippen LogP contribution in [0.3, 0.4) is 0 Å². The van der Waals surface area contributed by atoms with Gasteiger partial charge in [-0.05, 0) is 18.1 Å². The summed E-state index contributed by atoms with van der Waals surface area (Å²) in [6.07, 6.45) is 2.47. The highest BCUT2D eigenvalue weighted by atomic mass is 16.5. The Morgan fingerprint density at radius 3 is 3.00 bits per heavy atom. The average Bonchev–Trinajstić information content (AvgIpc) is 2.20. The van der Waals surface area contributed by atoms with Crippen LogP contribution in [0.15, 0.2) is 18.3 Å². The van der Waals surface area contributed by atoms with Gasteiger partial charge in [0.05, 0.1) is 19.1 Å². The Morgan fingerprint density at radius 1 is 1.69 bits per heavy atom. The third-order valence-electron chi connectivity index (χ3n) is 1.93. The lowest BCUT2D eigenvalue weighted by atomic mass is 9.99. The minimum Gasteiger partial charge on any atom is -0.481 e. The molecule has 3 heteroatoms. The Kier molecular flexibility index (Phi) is 3.27. The summed E-state index contributed by atoms with van der Waals surface area (Å²) in [7, 11) is 1.57. The second-order valence-electron chi connectivity index (χ2n) is 2.72. The molecule has 0 radical (unpaired) electrons. The smallest absolute Gasteiger partial charge is 0.213 e. The van der Waals surface area contributed by atoms with E-state index in [9.17, 15) is 0 Å². The molecule has 0 aromatic carbocycles. The zero-order chi connectivity index (χ0) is 9.68. The zero-order valence-corrected chi connectivity index (χ0v) is 7.82. The fourth-order valence-electron chi connectivity index (χ4n) is 1.15. The lowest BCUT2D eigenvalue weighted by molar-refractivity contribution is 0.397. The average molecular weight is 176 g/mol. The molecule has 1 atom stereocenters. The molecule has 68 valence electrons. The number of methoxy groups -OCH3 is 1. The Morgan fingerprint density at radius 2 is 2.46 bits per heavy atom.